The Morgan fingerprint density at radius 3 is 2.63 bits per heavy atom. The molecule has 0 bridgehead atoms. The predicted molar refractivity (Wildman–Crippen MR) is 75.4 cm³/mol. The fourth-order valence-corrected chi connectivity index (χ4v) is 1.82. The first-order valence-corrected chi connectivity index (χ1v) is 6.36. The summed E-state index contributed by atoms with van der Waals surface area (Å²) in [5, 5.41) is 14.9. The van der Waals surface area contributed by atoms with Gasteiger partial charge in [-0.3, -0.25) is 4.79 Å². The SMILES string of the molecule is COc1ccccc1NC(=O)CC(C)N[C@H](C)CO. The zero-order valence-electron chi connectivity index (χ0n) is 11.6. The highest BCUT2D eigenvalue weighted by Crippen LogP contribution is 2.23. The minimum atomic E-state index is -0.0883. The zero-order chi connectivity index (χ0) is 14.3. The largest absolute Gasteiger partial charge is 0.495 e. The summed E-state index contributed by atoms with van der Waals surface area (Å²) in [6.07, 6.45) is 0.336. The Morgan fingerprint density at radius 2 is 2.00 bits per heavy atom. The van der Waals surface area contributed by atoms with Gasteiger partial charge >= 0.3 is 0 Å². The molecule has 1 unspecified atom stereocenters. The molecule has 19 heavy (non-hydrogen) atoms. The highest BCUT2D eigenvalue weighted by Gasteiger charge is 2.12. The van der Waals surface area contributed by atoms with Gasteiger partial charge in [0.05, 0.1) is 19.4 Å². The summed E-state index contributed by atoms with van der Waals surface area (Å²) in [6, 6.07) is 7.26. The van der Waals surface area contributed by atoms with Gasteiger partial charge in [-0.1, -0.05) is 12.1 Å². The summed E-state index contributed by atoms with van der Waals surface area (Å²) in [7, 11) is 1.57. The molecular weight excluding hydrogens is 244 g/mol. The summed E-state index contributed by atoms with van der Waals surface area (Å²) in [4.78, 5) is 11.9. The lowest BCUT2D eigenvalue weighted by Crippen LogP contribution is -2.38. The maximum atomic E-state index is 11.9. The fourth-order valence-electron chi connectivity index (χ4n) is 1.82. The molecule has 5 nitrogen and oxygen atoms in total. The van der Waals surface area contributed by atoms with Gasteiger partial charge in [-0.05, 0) is 26.0 Å². The second kappa shape index (κ2) is 7.76. The van der Waals surface area contributed by atoms with E-state index in [1.54, 1.807) is 19.2 Å². The first-order valence-electron chi connectivity index (χ1n) is 6.36. The molecule has 1 aromatic rings. The molecule has 0 saturated carbocycles. The molecule has 3 N–H and O–H groups in total. The van der Waals surface area contributed by atoms with Gasteiger partial charge in [0.25, 0.3) is 0 Å². The van der Waals surface area contributed by atoms with Crippen LogP contribution in [0.15, 0.2) is 24.3 Å². The van der Waals surface area contributed by atoms with E-state index >= 15 is 0 Å². The summed E-state index contributed by atoms with van der Waals surface area (Å²) in [5.74, 6) is 0.551. The molecule has 0 heterocycles. The van der Waals surface area contributed by atoms with E-state index in [1.807, 2.05) is 26.0 Å². The predicted octanol–water partition coefficient (Wildman–Crippen LogP) is 1.38. The van der Waals surface area contributed by atoms with E-state index in [1.165, 1.54) is 0 Å². The molecule has 0 saturated heterocycles. The van der Waals surface area contributed by atoms with Crippen molar-refractivity contribution >= 4 is 11.6 Å². The highest BCUT2D eigenvalue weighted by molar-refractivity contribution is 5.92. The molecule has 106 valence electrons. The molecule has 0 radical (unpaired) electrons. The Kier molecular flexibility index (Phi) is 6.32. The average molecular weight is 266 g/mol. The van der Waals surface area contributed by atoms with E-state index in [2.05, 4.69) is 10.6 Å². The van der Waals surface area contributed by atoms with Gasteiger partial charge in [-0.25, -0.2) is 0 Å². The van der Waals surface area contributed by atoms with Crippen LogP contribution < -0.4 is 15.4 Å². The minimum absolute atomic E-state index is 0.00291. The Morgan fingerprint density at radius 1 is 1.32 bits per heavy atom. The van der Waals surface area contributed by atoms with Gasteiger partial charge in [0.2, 0.25) is 5.91 Å². The Labute approximate surface area is 114 Å². The Balaban J connectivity index is 2.51. The van der Waals surface area contributed by atoms with Gasteiger partial charge in [-0.15, -0.1) is 0 Å². The van der Waals surface area contributed by atoms with Gasteiger partial charge in [-0.2, -0.15) is 0 Å². The van der Waals surface area contributed by atoms with Crippen LogP contribution in [0, 0.1) is 0 Å². The van der Waals surface area contributed by atoms with Crippen molar-refractivity contribution in [1.29, 1.82) is 0 Å². The van der Waals surface area contributed by atoms with Crippen LogP contribution in [0.3, 0.4) is 0 Å². The number of rotatable bonds is 7. The number of anilines is 1. The lowest BCUT2D eigenvalue weighted by atomic mass is 10.2. The molecule has 1 amide bonds. The lowest BCUT2D eigenvalue weighted by Gasteiger charge is -2.18. The molecule has 0 spiro atoms. The number of amides is 1. The van der Waals surface area contributed by atoms with Crippen LogP contribution in [0.5, 0.6) is 5.75 Å². The van der Waals surface area contributed by atoms with E-state index in [9.17, 15) is 4.79 Å². The maximum absolute atomic E-state index is 11.9. The van der Waals surface area contributed by atoms with Crippen LogP contribution in [0.25, 0.3) is 0 Å². The number of hydrogen-bond acceptors (Lipinski definition) is 4. The van der Waals surface area contributed by atoms with Crippen molar-refractivity contribution < 1.29 is 14.6 Å². The Hall–Kier alpha value is -1.59. The van der Waals surface area contributed by atoms with Gasteiger partial charge in [0.15, 0.2) is 0 Å². The smallest absolute Gasteiger partial charge is 0.226 e. The van der Waals surface area contributed by atoms with E-state index in [0.717, 1.165) is 0 Å². The fraction of sp³-hybridized carbons (Fsp3) is 0.500. The van der Waals surface area contributed by atoms with Crippen molar-refractivity contribution in [1.82, 2.24) is 5.32 Å². The number of carbonyl (C=O) groups excluding carboxylic acids is 1. The minimum Gasteiger partial charge on any atom is -0.495 e. The van der Waals surface area contributed by atoms with Crippen LogP contribution in [0.2, 0.25) is 0 Å². The van der Waals surface area contributed by atoms with Crippen molar-refractivity contribution in [2.75, 3.05) is 19.0 Å². The van der Waals surface area contributed by atoms with Crippen molar-refractivity contribution in [3.8, 4) is 5.75 Å². The summed E-state index contributed by atoms with van der Waals surface area (Å²) in [5.41, 5.74) is 0.664. The molecule has 0 fully saturated rings. The number of hydrogen-bond donors (Lipinski definition) is 3. The molecule has 0 aliphatic carbocycles. The molecule has 1 rings (SSSR count). The topological polar surface area (TPSA) is 70.6 Å². The second-order valence-electron chi connectivity index (χ2n) is 4.60. The number of para-hydroxylation sites is 2. The van der Waals surface area contributed by atoms with Crippen molar-refractivity contribution in [2.45, 2.75) is 32.4 Å². The van der Waals surface area contributed by atoms with E-state index in [-0.39, 0.29) is 24.6 Å². The monoisotopic (exact) mass is 266 g/mol. The van der Waals surface area contributed by atoms with E-state index in [0.29, 0.717) is 17.9 Å². The molecule has 0 aromatic heterocycles. The number of carbonyl (C=O) groups is 1. The highest BCUT2D eigenvalue weighted by atomic mass is 16.5. The molecule has 0 aliphatic rings. The maximum Gasteiger partial charge on any atom is 0.226 e. The van der Waals surface area contributed by atoms with Crippen LogP contribution in [-0.4, -0.2) is 36.8 Å². The number of aliphatic hydroxyl groups is 1. The first-order chi connectivity index (χ1) is 9.06. The number of aliphatic hydroxyl groups excluding tert-OH is 1. The van der Waals surface area contributed by atoms with Gasteiger partial charge in [0.1, 0.15) is 5.75 Å². The Bertz CT molecular complexity index is 409. The van der Waals surface area contributed by atoms with E-state index < -0.39 is 0 Å². The van der Waals surface area contributed by atoms with Gasteiger partial charge in [0, 0.05) is 18.5 Å². The van der Waals surface area contributed by atoms with Crippen LogP contribution in [0.4, 0.5) is 5.69 Å². The molecule has 1 aromatic carbocycles. The molecule has 2 atom stereocenters. The first kappa shape index (κ1) is 15.5. The third-order valence-electron chi connectivity index (χ3n) is 2.72. The van der Waals surface area contributed by atoms with Crippen LogP contribution >= 0.6 is 0 Å². The quantitative estimate of drug-likeness (QED) is 0.697. The van der Waals surface area contributed by atoms with Crippen LogP contribution in [-0.2, 0) is 4.79 Å². The number of ether oxygens (including phenoxy) is 1. The lowest BCUT2D eigenvalue weighted by molar-refractivity contribution is -0.116. The number of methoxy groups -OCH3 is 1. The zero-order valence-corrected chi connectivity index (χ0v) is 11.6. The number of benzene rings is 1. The standard InChI is InChI=1S/C14H22N2O3/c1-10(15-11(2)9-17)8-14(18)16-12-6-4-5-7-13(12)19-3/h4-7,10-11,15,17H,8-9H2,1-3H3,(H,16,18)/t10?,11-/m1/s1. The normalized spacial score (nSPS) is 13.7. The summed E-state index contributed by atoms with van der Waals surface area (Å²) in [6.45, 7) is 3.83. The number of nitrogens with one attached hydrogen (secondary N) is 2. The third-order valence-corrected chi connectivity index (χ3v) is 2.72. The summed E-state index contributed by atoms with van der Waals surface area (Å²) < 4.78 is 5.17. The van der Waals surface area contributed by atoms with Crippen molar-refractivity contribution in [3.05, 3.63) is 24.3 Å². The molecule has 5 heteroatoms. The average Bonchev–Trinajstić information content (AvgIpc) is 2.38. The molecule has 0 aliphatic heterocycles. The van der Waals surface area contributed by atoms with Crippen LogP contribution in [0.1, 0.15) is 20.3 Å². The van der Waals surface area contributed by atoms with Crippen molar-refractivity contribution in [2.24, 2.45) is 0 Å². The molecular formula is C14H22N2O3. The van der Waals surface area contributed by atoms with Gasteiger partial charge < -0.3 is 20.5 Å². The van der Waals surface area contributed by atoms with Crippen molar-refractivity contribution in [3.63, 3.8) is 0 Å². The third kappa shape index (κ3) is 5.28. The second-order valence-corrected chi connectivity index (χ2v) is 4.60. The summed E-state index contributed by atoms with van der Waals surface area (Å²) >= 11 is 0. The van der Waals surface area contributed by atoms with E-state index in [4.69, 9.17) is 9.84 Å².